The highest BCUT2D eigenvalue weighted by atomic mass is 14.7. The molecule has 2 heteroatoms. The van der Waals surface area contributed by atoms with Crippen molar-refractivity contribution in [2.75, 3.05) is 6.54 Å². The second-order valence-corrected chi connectivity index (χ2v) is 4.12. The van der Waals surface area contributed by atoms with Crippen LogP contribution >= 0.6 is 0 Å². The second kappa shape index (κ2) is 4.73. The summed E-state index contributed by atoms with van der Waals surface area (Å²) < 4.78 is 0. The summed E-state index contributed by atoms with van der Waals surface area (Å²) in [5.41, 5.74) is 11.7. The highest BCUT2D eigenvalue weighted by Gasteiger charge is 2.18. The minimum Gasteiger partial charge on any atom is -0.330 e. The van der Waals surface area contributed by atoms with Gasteiger partial charge in [0.15, 0.2) is 0 Å². The van der Waals surface area contributed by atoms with E-state index < -0.39 is 0 Å². The van der Waals surface area contributed by atoms with E-state index in [0.717, 1.165) is 19.4 Å². The molecule has 0 heterocycles. The van der Waals surface area contributed by atoms with Gasteiger partial charge in [-0.2, -0.15) is 0 Å². The zero-order valence-electron chi connectivity index (χ0n) is 8.06. The predicted octanol–water partition coefficient (Wildman–Crippen LogP) is 1.49. The summed E-state index contributed by atoms with van der Waals surface area (Å²) >= 11 is 0. The monoisotopic (exact) mass is 158 g/mol. The van der Waals surface area contributed by atoms with Crippen molar-refractivity contribution < 1.29 is 0 Å². The number of hydrogen-bond donors (Lipinski definition) is 2. The van der Waals surface area contributed by atoms with Crippen molar-refractivity contribution >= 4 is 0 Å². The van der Waals surface area contributed by atoms with E-state index in [1.54, 1.807) is 0 Å². The fraction of sp³-hybridized carbons (Fsp3) is 1.00. The van der Waals surface area contributed by atoms with Crippen molar-refractivity contribution in [3.05, 3.63) is 0 Å². The van der Waals surface area contributed by atoms with Crippen LogP contribution in [0.25, 0.3) is 0 Å². The molecule has 0 aromatic carbocycles. The summed E-state index contributed by atoms with van der Waals surface area (Å²) in [5, 5.41) is 0. The van der Waals surface area contributed by atoms with Crippen LogP contribution in [0.5, 0.6) is 0 Å². The quantitative estimate of drug-likeness (QED) is 0.637. The smallest absolute Gasteiger partial charge is 0.00442 e. The largest absolute Gasteiger partial charge is 0.330 e. The summed E-state index contributed by atoms with van der Waals surface area (Å²) in [7, 11) is 0. The predicted molar refractivity (Wildman–Crippen MR) is 50.3 cm³/mol. The van der Waals surface area contributed by atoms with Crippen LogP contribution in [0.3, 0.4) is 0 Å². The van der Waals surface area contributed by atoms with Gasteiger partial charge < -0.3 is 11.5 Å². The second-order valence-electron chi connectivity index (χ2n) is 4.12. The molecule has 0 aliphatic carbocycles. The van der Waals surface area contributed by atoms with Gasteiger partial charge in [0, 0.05) is 6.04 Å². The van der Waals surface area contributed by atoms with Crippen LogP contribution in [0.1, 0.15) is 40.0 Å². The molecule has 11 heavy (non-hydrogen) atoms. The molecule has 0 saturated heterocycles. The molecule has 1 atom stereocenters. The maximum atomic E-state index is 5.89. The Balaban J connectivity index is 3.64. The molecule has 0 spiro atoms. The molecule has 0 bridgehead atoms. The molecule has 0 aromatic rings. The van der Waals surface area contributed by atoms with Gasteiger partial charge in [-0.1, -0.05) is 27.2 Å². The van der Waals surface area contributed by atoms with Gasteiger partial charge in [-0.25, -0.2) is 0 Å². The van der Waals surface area contributed by atoms with E-state index in [2.05, 4.69) is 20.8 Å². The van der Waals surface area contributed by atoms with Gasteiger partial charge in [0.05, 0.1) is 0 Å². The highest BCUT2D eigenvalue weighted by molar-refractivity contribution is 4.75. The highest BCUT2D eigenvalue weighted by Crippen LogP contribution is 2.20. The van der Waals surface area contributed by atoms with E-state index in [1.165, 1.54) is 6.42 Å². The van der Waals surface area contributed by atoms with Crippen molar-refractivity contribution in [1.82, 2.24) is 0 Å². The first-order chi connectivity index (χ1) is 5.02. The van der Waals surface area contributed by atoms with Gasteiger partial charge in [0.1, 0.15) is 0 Å². The normalized spacial score (nSPS) is 15.0. The Hall–Kier alpha value is -0.0800. The third kappa shape index (κ3) is 5.22. The van der Waals surface area contributed by atoms with Crippen LogP contribution in [0.15, 0.2) is 0 Å². The first kappa shape index (κ1) is 10.9. The third-order valence-electron chi connectivity index (χ3n) is 2.03. The summed E-state index contributed by atoms with van der Waals surface area (Å²) in [6, 6.07) is 0.332. The Labute approximate surface area is 70.3 Å². The van der Waals surface area contributed by atoms with Crippen LogP contribution in [0, 0.1) is 5.41 Å². The minimum atomic E-state index is 0.217. The lowest BCUT2D eigenvalue weighted by atomic mass is 9.85. The van der Waals surface area contributed by atoms with E-state index >= 15 is 0 Å². The van der Waals surface area contributed by atoms with E-state index in [-0.39, 0.29) is 5.41 Å². The molecule has 0 aliphatic heterocycles. The van der Waals surface area contributed by atoms with Gasteiger partial charge >= 0.3 is 0 Å². The molecule has 1 unspecified atom stereocenters. The fourth-order valence-corrected chi connectivity index (χ4v) is 1.27. The number of nitrogens with two attached hydrogens (primary N) is 2. The third-order valence-corrected chi connectivity index (χ3v) is 2.03. The molecule has 4 N–H and O–H groups in total. The maximum absolute atomic E-state index is 5.89. The zero-order valence-corrected chi connectivity index (χ0v) is 8.06. The van der Waals surface area contributed by atoms with Crippen LogP contribution in [0.4, 0.5) is 0 Å². The molecule has 0 saturated carbocycles. The number of hydrogen-bond acceptors (Lipinski definition) is 2. The van der Waals surface area contributed by atoms with E-state index in [4.69, 9.17) is 11.5 Å². The zero-order chi connectivity index (χ0) is 8.91. The van der Waals surface area contributed by atoms with Crippen molar-refractivity contribution in [1.29, 1.82) is 0 Å². The van der Waals surface area contributed by atoms with Crippen molar-refractivity contribution in [3.8, 4) is 0 Å². The average molecular weight is 158 g/mol. The fourth-order valence-electron chi connectivity index (χ4n) is 1.27. The number of rotatable bonds is 5. The maximum Gasteiger partial charge on any atom is 0.00442 e. The van der Waals surface area contributed by atoms with Crippen LogP contribution < -0.4 is 11.5 Å². The first-order valence-corrected chi connectivity index (χ1v) is 4.47. The summed E-state index contributed by atoms with van der Waals surface area (Å²) in [4.78, 5) is 0. The molecular weight excluding hydrogens is 136 g/mol. The summed E-state index contributed by atoms with van der Waals surface area (Å²) in [6.07, 6.45) is 3.32. The van der Waals surface area contributed by atoms with E-state index in [9.17, 15) is 0 Å². The van der Waals surface area contributed by atoms with Crippen LogP contribution in [-0.4, -0.2) is 12.6 Å². The van der Waals surface area contributed by atoms with Gasteiger partial charge in [-0.15, -0.1) is 0 Å². The van der Waals surface area contributed by atoms with Crippen LogP contribution in [-0.2, 0) is 0 Å². The molecule has 2 nitrogen and oxygen atoms in total. The minimum absolute atomic E-state index is 0.217. The first-order valence-electron chi connectivity index (χ1n) is 4.47. The average Bonchev–Trinajstić information content (AvgIpc) is 1.87. The Morgan fingerprint density at radius 2 is 1.91 bits per heavy atom. The molecule has 68 valence electrons. The lowest BCUT2D eigenvalue weighted by Gasteiger charge is -2.25. The SMILES string of the molecule is CCCC(N)CC(C)(C)CN. The lowest BCUT2D eigenvalue weighted by molar-refractivity contribution is 0.307. The van der Waals surface area contributed by atoms with Gasteiger partial charge in [0.25, 0.3) is 0 Å². The van der Waals surface area contributed by atoms with Gasteiger partial charge in [0.2, 0.25) is 0 Å². The molecule has 0 aromatic heterocycles. The Morgan fingerprint density at radius 3 is 2.27 bits per heavy atom. The lowest BCUT2D eigenvalue weighted by Crippen LogP contribution is -2.32. The topological polar surface area (TPSA) is 52.0 Å². The molecule has 0 radical (unpaired) electrons. The van der Waals surface area contributed by atoms with Gasteiger partial charge in [-0.05, 0) is 24.8 Å². The Kier molecular flexibility index (Phi) is 4.69. The van der Waals surface area contributed by atoms with Crippen LogP contribution in [0.2, 0.25) is 0 Å². The standard InChI is InChI=1S/C9H22N2/c1-4-5-8(11)6-9(2,3)7-10/h8H,4-7,10-11H2,1-3H3. The summed E-state index contributed by atoms with van der Waals surface area (Å²) in [6.45, 7) is 7.23. The molecule has 0 aliphatic rings. The van der Waals surface area contributed by atoms with Crippen molar-refractivity contribution in [2.45, 2.75) is 46.1 Å². The molecule has 0 rings (SSSR count). The Bertz CT molecular complexity index is 99.7. The molecular formula is C9H22N2. The van der Waals surface area contributed by atoms with Crippen molar-refractivity contribution in [3.63, 3.8) is 0 Å². The van der Waals surface area contributed by atoms with E-state index in [0.29, 0.717) is 6.04 Å². The van der Waals surface area contributed by atoms with Crippen molar-refractivity contribution in [2.24, 2.45) is 16.9 Å². The van der Waals surface area contributed by atoms with E-state index in [1.807, 2.05) is 0 Å². The summed E-state index contributed by atoms with van der Waals surface area (Å²) in [5.74, 6) is 0. The molecule has 0 amide bonds. The van der Waals surface area contributed by atoms with Gasteiger partial charge in [-0.3, -0.25) is 0 Å². The Morgan fingerprint density at radius 1 is 1.36 bits per heavy atom. The molecule has 0 fully saturated rings.